The van der Waals surface area contributed by atoms with Gasteiger partial charge in [0.2, 0.25) is 0 Å². The normalized spacial score (nSPS) is 11.1. The van der Waals surface area contributed by atoms with E-state index in [-0.39, 0.29) is 0 Å². The third-order valence-electron chi connectivity index (χ3n) is 5.46. The molecule has 5 aromatic rings. The van der Waals surface area contributed by atoms with E-state index in [1.165, 1.54) is 43.8 Å². The molecule has 0 N–H and O–H groups in total. The van der Waals surface area contributed by atoms with Gasteiger partial charge in [-0.3, -0.25) is 0 Å². The van der Waals surface area contributed by atoms with Crippen LogP contribution in [0.25, 0.3) is 43.8 Å². The van der Waals surface area contributed by atoms with Crippen LogP contribution in [0.15, 0.2) is 103 Å². The van der Waals surface area contributed by atoms with Gasteiger partial charge in [-0.25, -0.2) is 0 Å². The van der Waals surface area contributed by atoms with Crippen LogP contribution in [0.5, 0.6) is 5.75 Å². The minimum Gasteiger partial charge on any atom is -0.494 e. The Hall–Kier alpha value is -3.58. The largest absolute Gasteiger partial charge is 0.494 e. The molecule has 0 aliphatic rings. The van der Waals surface area contributed by atoms with Gasteiger partial charge in [0.15, 0.2) is 0 Å². The molecule has 0 spiro atoms. The second-order valence-corrected chi connectivity index (χ2v) is 7.26. The Bertz CT molecular complexity index is 1280. The van der Waals surface area contributed by atoms with Crippen molar-refractivity contribution in [1.29, 1.82) is 0 Å². The van der Waals surface area contributed by atoms with Crippen molar-refractivity contribution in [2.45, 2.75) is 6.92 Å². The van der Waals surface area contributed by atoms with Gasteiger partial charge in [0.1, 0.15) is 5.75 Å². The molecule has 0 amide bonds. The zero-order valence-electron chi connectivity index (χ0n) is 16.4. The first-order chi connectivity index (χ1) is 14.3. The van der Waals surface area contributed by atoms with Gasteiger partial charge in [0, 0.05) is 0 Å². The Balaban J connectivity index is 1.47. The van der Waals surface area contributed by atoms with Crippen LogP contribution in [0.4, 0.5) is 0 Å². The summed E-state index contributed by atoms with van der Waals surface area (Å²) in [7, 11) is 0. The molecule has 0 fully saturated rings. The fourth-order valence-electron chi connectivity index (χ4n) is 3.96. The highest BCUT2D eigenvalue weighted by Gasteiger charge is 2.05. The molecule has 0 unspecified atom stereocenters. The molecule has 1 heteroatoms. The molecule has 0 aliphatic heterocycles. The standard InChI is InChI=1S/C28H22O/c1-2-29-26-16-13-21(14-17-26)20-7-9-22(10-8-20)24-15-18-28-25(19-24)12-11-23-5-3-4-6-27(23)28/h3-19H,2H2,1H3. The van der Waals surface area contributed by atoms with Gasteiger partial charge >= 0.3 is 0 Å². The molecule has 5 rings (SSSR count). The van der Waals surface area contributed by atoms with Crippen molar-refractivity contribution in [2.75, 3.05) is 6.61 Å². The van der Waals surface area contributed by atoms with Gasteiger partial charge in [0.25, 0.3) is 0 Å². The maximum Gasteiger partial charge on any atom is 0.119 e. The lowest BCUT2D eigenvalue weighted by Crippen LogP contribution is -1.90. The summed E-state index contributed by atoms with van der Waals surface area (Å²) in [6, 6.07) is 36.8. The highest BCUT2D eigenvalue weighted by Crippen LogP contribution is 2.31. The SMILES string of the molecule is CCOc1ccc(-c2ccc(-c3ccc4c(ccc5ccccc54)c3)cc2)cc1. The number of hydrogen-bond donors (Lipinski definition) is 0. The molecule has 5 aromatic carbocycles. The molecular formula is C28H22O. The summed E-state index contributed by atoms with van der Waals surface area (Å²) in [5, 5.41) is 5.17. The van der Waals surface area contributed by atoms with E-state index < -0.39 is 0 Å². The van der Waals surface area contributed by atoms with Crippen LogP contribution in [0.1, 0.15) is 6.92 Å². The molecule has 0 saturated carbocycles. The maximum atomic E-state index is 5.54. The van der Waals surface area contributed by atoms with Crippen LogP contribution in [0.3, 0.4) is 0 Å². The molecule has 1 nitrogen and oxygen atoms in total. The van der Waals surface area contributed by atoms with Crippen molar-refractivity contribution in [3.8, 4) is 28.0 Å². The first kappa shape index (κ1) is 17.5. The van der Waals surface area contributed by atoms with Crippen LogP contribution >= 0.6 is 0 Å². The van der Waals surface area contributed by atoms with Gasteiger partial charge in [0.05, 0.1) is 6.61 Å². The van der Waals surface area contributed by atoms with Gasteiger partial charge < -0.3 is 4.74 Å². The van der Waals surface area contributed by atoms with Crippen LogP contribution < -0.4 is 4.74 Å². The second kappa shape index (κ2) is 7.44. The average Bonchev–Trinajstić information content (AvgIpc) is 2.79. The zero-order chi connectivity index (χ0) is 19.6. The van der Waals surface area contributed by atoms with Crippen molar-refractivity contribution in [1.82, 2.24) is 0 Å². The summed E-state index contributed by atoms with van der Waals surface area (Å²) in [6.07, 6.45) is 0. The maximum absolute atomic E-state index is 5.54. The molecule has 0 radical (unpaired) electrons. The van der Waals surface area contributed by atoms with E-state index in [2.05, 4.69) is 91.0 Å². The summed E-state index contributed by atoms with van der Waals surface area (Å²) in [6.45, 7) is 2.69. The second-order valence-electron chi connectivity index (χ2n) is 7.26. The number of hydrogen-bond acceptors (Lipinski definition) is 1. The Labute approximate surface area is 171 Å². The van der Waals surface area contributed by atoms with Crippen LogP contribution in [-0.2, 0) is 0 Å². The number of benzene rings is 5. The minimum absolute atomic E-state index is 0.690. The highest BCUT2D eigenvalue weighted by molar-refractivity contribution is 6.08. The van der Waals surface area contributed by atoms with Crippen molar-refractivity contribution in [2.24, 2.45) is 0 Å². The molecular weight excluding hydrogens is 352 g/mol. The van der Waals surface area contributed by atoms with Crippen LogP contribution in [0, 0.1) is 0 Å². The predicted molar refractivity (Wildman–Crippen MR) is 123 cm³/mol. The summed E-state index contributed by atoms with van der Waals surface area (Å²) >= 11 is 0. The minimum atomic E-state index is 0.690. The summed E-state index contributed by atoms with van der Waals surface area (Å²) in [5.41, 5.74) is 4.88. The van der Waals surface area contributed by atoms with Crippen LogP contribution in [-0.4, -0.2) is 6.61 Å². The van der Waals surface area contributed by atoms with E-state index in [0.29, 0.717) is 6.61 Å². The Morgan fingerprint density at radius 2 is 1.07 bits per heavy atom. The molecule has 29 heavy (non-hydrogen) atoms. The zero-order valence-corrected chi connectivity index (χ0v) is 16.4. The van der Waals surface area contributed by atoms with Gasteiger partial charge in [-0.05, 0) is 68.9 Å². The lowest BCUT2D eigenvalue weighted by atomic mass is 9.96. The first-order valence-corrected chi connectivity index (χ1v) is 10.1. The van der Waals surface area contributed by atoms with E-state index in [1.807, 2.05) is 19.1 Å². The fraction of sp³-hybridized carbons (Fsp3) is 0.0714. The number of ether oxygens (including phenoxy) is 1. The topological polar surface area (TPSA) is 9.23 Å². The van der Waals surface area contributed by atoms with Gasteiger partial charge in [-0.1, -0.05) is 84.9 Å². The van der Waals surface area contributed by atoms with Gasteiger partial charge in [-0.15, -0.1) is 0 Å². The molecule has 0 bridgehead atoms. The van der Waals surface area contributed by atoms with E-state index in [9.17, 15) is 0 Å². The van der Waals surface area contributed by atoms with Crippen molar-refractivity contribution in [3.05, 3.63) is 103 Å². The molecule has 0 atom stereocenters. The summed E-state index contributed by atoms with van der Waals surface area (Å²) in [5.74, 6) is 0.913. The Morgan fingerprint density at radius 1 is 0.517 bits per heavy atom. The van der Waals surface area contributed by atoms with Gasteiger partial charge in [-0.2, -0.15) is 0 Å². The van der Waals surface area contributed by atoms with Crippen molar-refractivity contribution in [3.63, 3.8) is 0 Å². The molecule has 0 saturated heterocycles. The van der Waals surface area contributed by atoms with Crippen LogP contribution in [0.2, 0.25) is 0 Å². The lowest BCUT2D eigenvalue weighted by molar-refractivity contribution is 0.340. The van der Waals surface area contributed by atoms with E-state index >= 15 is 0 Å². The third kappa shape index (κ3) is 3.36. The Morgan fingerprint density at radius 3 is 1.79 bits per heavy atom. The molecule has 0 aromatic heterocycles. The van der Waals surface area contributed by atoms with E-state index in [0.717, 1.165) is 5.75 Å². The monoisotopic (exact) mass is 374 g/mol. The molecule has 140 valence electrons. The third-order valence-corrected chi connectivity index (χ3v) is 5.46. The highest BCUT2D eigenvalue weighted by atomic mass is 16.5. The number of fused-ring (bicyclic) bond motifs is 3. The van der Waals surface area contributed by atoms with E-state index in [4.69, 9.17) is 4.74 Å². The Kier molecular flexibility index (Phi) is 4.50. The lowest BCUT2D eigenvalue weighted by Gasteiger charge is -2.09. The van der Waals surface area contributed by atoms with E-state index in [1.54, 1.807) is 0 Å². The predicted octanol–water partition coefficient (Wildman–Crippen LogP) is 7.73. The smallest absolute Gasteiger partial charge is 0.119 e. The number of rotatable bonds is 4. The quantitative estimate of drug-likeness (QED) is 0.292. The summed E-state index contributed by atoms with van der Waals surface area (Å²) < 4.78 is 5.54. The fourth-order valence-corrected chi connectivity index (χ4v) is 3.96. The molecule has 0 heterocycles. The van der Waals surface area contributed by atoms with Crippen molar-refractivity contribution >= 4 is 21.5 Å². The average molecular weight is 374 g/mol. The first-order valence-electron chi connectivity index (χ1n) is 10.1. The summed E-state index contributed by atoms with van der Waals surface area (Å²) in [4.78, 5) is 0. The van der Waals surface area contributed by atoms with Crippen molar-refractivity contribution < 1.29 is 4.74 Å². The molecule has 0 aliphatic carbocycles.